The molecule has 3 rings (SSSR count). The first-order valence-corrected chi connectivity index (χ1v) is 16.4. The second kappa shape index (κ2) is 10.5. The summed E-state index contributed by atoms with van der Waals surface area (Å²) >= 11 is 0. The normalized spacial score (nSPS) is 28.9. The molecule has 11 heteroatoms. The molecule has 34 heavy (non-hydrogen) atoms. The summed E-state index contributed by atoms with van der Waals surface area (Å²) < 4.78 is 33.6. The molecule has 0 radical (unpaired) electrons. The number of nitrogens with zero attached hydrogens (tertiary/aromatic N) is 2. The second-order valence-electron chi connectivity index (χ2n) is 10.5. The number of hydrogen-bond acceptors (Lipinski definition) is 8. The van der Waals surface area contributed by atoms with Crippen molar-refractivity contribution in [1.29, 1.82) is 0 Å². The van der Waals surface area contributed by atoms with Crippen LogP contribution in [0.2, 0.25) is 22.2 Å². The van der Waals surface area contributed by atoms with E-state index in [4.69, 9.17) is 22.4 Å². The van der Waals surface area contributed by atoms with E-state index in [1.54, 1.807) is 12.3 Å². The van der Waals surface area contributed by atoms with Gasteiger partial charge in [-0.1, -0.05) is 55.4 Å². The molecule has 0 aromatic carbocycles. The molecule has 1 N–H and O–H groups in total. The van der Waals surface area contributed by atoms with Crippen molar-refractivity contribution >= 4 is 17.1 Å². The number of rotatable bonds is 7. The Morgan fingerprint density at radius 1 is 1.09 bits per heavy atom. The maximum atomic E-state index is 12.7. The van der Waals surface area contributed by atoms with E-state index in [1.165, 1.54) is 4.57 Å². The molecular formula is C23H42N2O7Si2. The minimum Gasteiger partial charge on any atom is -0.478 e. The summed E-state index contributed by atoms with van der Waals surface area (Å²) in [7, 11) is -5.61. The molecule has 2 aliphatic heterocycles. The molecule has 0 spiro atoms. The van der Waals surface area contributed by atoms with Gasteiger partial charge in [0.05, 0.1) is 13.2 Å². The third kappa shape index (κ3) is 4.80. The Balaban J connectivity index is 2.03. The van der Waals surface area contributed by atoms with Gasteiger partial charge < -0.3 is 27.5 Å². The van der Waals surface area contributed by atoms with Crippen molar-refractivity contribution in [2.45, 2.75) is 109 Å². The zero-order valence-corrected chi connectivity index (χ0v) is 24.0. The predicted molar refractivity (Wildman–Crippen MR) is 133 cm³/mol. The van der Waals surface area contributed by atoms with Crippen molar-refractivity contribution < 1.29 is 27.5 Å². The van der Waals surface area contributed by atoms with Crippen LogP contribution in [-0.4, -0.2) is 63.3 Å². The van der Waals surface area contributed by atoms with E-state index >= 15 is 0 Å². The largest absolute Gasteiger partial charge is 0.478 e. The number of aromatic nitrogens is 2. The van der Waals surface area contributed by atoms with Gasteiger partial charge in [-0.25, -0.2) is 4.79 Å². The summed E-state index contributed by atoms with van der Waals surface area (Å²) in [5.41, 5.74) is 0.112. The monoisotopic (exact) mass is 514 g/mol. The molecular weight excluding hydrogens is 472 g/mol. The first-order valence-electron chi connectivity index (χ1n) is 12.5. The van der Waals surface area contributed by atoms with Gasteiger partial charge in [-0.15, -0.1) is 0 Å². The summed E-state index contributed by atoms with van der Waals surface area (Å²) in [6.45, 7) is 19.6. The SMILES string of the molecule is CCOc1ccn(C2OC3CO[Si](C(C)C)(C(C)C)O[Si](C(C)C)(C(C)C)OC3C2O)c(=O)n1. The molecule has 0 bridgehead atoms. The zero-order chi connectivity index (χ0) is 25.4. The Morgan fingerprint density at radius 2 is 1.68 bits per heavy atom. The van der Waals surface area contributed by atoms with Gasteiger partial charge >= 0.3 is 22.8 Å². The number of ether oxygens (including phenoxy) is 2. The zero-order valence-electron chi connectivity index (χ0n) is 22.0. The van der Waals surface area contributed by atoms with Crippen LogP contribution in [0.25, 0.3) is 0 Å². The number of hydrogen-bond donors (Lipinski definition) is 1. The van der Waals surface area contributed by atoms with Crippen LogP contribution in [0.1, 0.15) is 68.5 Å². The molecule has 194 valence electrons. The average molecular weight is 515 g/mol. The van der Waals surface area contributed by atoms with Crippen LogP contribution in [0.3, 0.4) is 0 Å². The summed E-state index contributed by atoms with van der Waals surface area (Å²) in [5.74, 6) is 0.242. The lowest BCUT2D eigenvalue weighted by Crippen LogP contribution is -2.65. The van der Waals surface area contributed by atoms with Gasteiger partial charge in [-0.3, -0.25) is 4.57 Å². The van der Waals surface area contributed by atoms with Crippen LogP contribution < -0.4 is 10.4 Å². The minimum atomic E-state index is -2.90. The quantitative estimate of drug-likeness (QED) is 0.548. The van der Waals surface area contributed by atoms with Gasteiger partial charge in [0, 0.05) is 12.3 Å². The molecule has 1 aromatic heterocycles. The smallest absolute Gasteiger partial charge is 0.353 e. The fraction of sp³-hybridized carbons (Fsp3) is 0.826. The third-order valence-electron chi connectivity index (χ3n) is 7.01. The van der Waals surface area contributed by atoms with E-state index in [9.17, 15) is 9.90 Å². The molecule has 2 fully saturated rings. The van der Waals surface area contributed by atoms with Crippen LogP contribution >= 0.6 is 0 Å². The molecule has 4 atom stereocenters. The summed E-state index contributed by atoms with van der Waals surface area (Å²) in [6, 6.07) is 1.60. The molecule has 0 aliphatic carbocycles. The van der Waals surface area contributed by atoms with E-state index in [-0.39, 0.29) is 34.7 Å². The van der Waals surface area contributed by atoms with Crippen molar-refractivity contribution in [3.05, 3.63) is 22.7 Å². The Morgan fingerprint density at radius 3 is 2.18 bits per heavy atom. The van der Waals surface area contributed by atoms with Crippen LogP contribution in [0.5, 0.6) is 5.88 Å². The summed E-state index contributed by atoms with van der Waals surface area (Å²) in [6.07, 6.45) is -1.68. The summed E-state index contributed by atoms with van der Waals surface area (Å²) in [5, 5.41) is 11.3. The first kappa shape index (κ1) is 27.5. The van der Waals surface area contributed by atoms with Crippen LogP contribution in [0.4, 0.5) is 0 Å². The molecule has 1 aromatic rings. The van der Waals surface area contributed by atoms with E-state index in [0.717, 1.165) is 0 Å². The predicted octanol–water partition coefficient (Wildman–Crippen LogP) is 3.86. The van der Waals surface area contributed by atoms with Crippen molar-refractivity contribution in [3.8, 4) is 5.88 Å². The molecule has 2 saturated heterocycles. The van der Waals surface area contributed by atoms with Gasteiger partial charge in [-0.05, 0) is 29.1 Å². The van der Waals surface area contributed by atoms with Gasteiger partial charge in [-0.2, -0.15) is 4.98 Å². The lowest BCUT2D eigenvalue weighted by Gasteiger charge is -2.51. The highest BCUT2D eigenvalue weighted by Gasteiger charge is 2.61. The van der Waals surface area contributed by atoms with Gasteiger partial charge in [0.1, 0.15) is 18.3 Å². The standard InChI is InChI=1S/C23H42N2O7Si2/c1-10-28-19-11-12-25(23(27)24-19)22-20(26)21-18(30-22)13-29-33(14(2)3,15(4)5)32-34(31-21,16(6)7)17(8)9/h11-12,14-18,20-22,26H,10,13H2,1-9H3. The van der Waals surface area contributed by atoms with E-state index in [0.29, 0.717) is 6.61 Å². The molecule has 0 saturated carbocycles. The highest BCUT2D eigenvalue weighted by Crippen LogP contribution is 2.48. The Labute approximate surface area is 205 Å². The topological polar surface area (TPSA) is 101 Å². The van der Waals surface area contributed by atoms with E-state index < -0.39 is 47.4 Å². The van der Waals surface area contributed by atoms with Crippen molar-refractivity contribution in [3.63, 3.8) is 0 Å². The fourth-order valence-electron chi connectivity index (χ4n) is 5.19. The molecule has 4 unspecified atom stereocenters. The average Bonchev–Trinajstić information content (AvgIpc) is 3.02. The van der Waals surface area contributed by atoms with Crippen LogP contribution in [0.15, 0.2) is 17.1 Å². The minimum absolute atomic E-state index is 0.125. The van der Waals surface area contributed by atoms with Crippen LogP contribution in [-0.2, 0) is 17.7 Å². The lowest BCUT2D eigenvalue weighted by molar-refractivity contribution is -0.0601. The summed E-state index contributed by atoms with van der Waals surface area (Å²) in [4.78, 5) is 16.7. The van der Waals surface area contributed by atoms with Gasteiger partial charge in [0.15, 0.2) is 6.23 Å². The number of aliphatic hydroxyl groups excluding tert-OH is 1. The Bertz CT molecular complexity index is 876. The van der Waals surface area contributed by atoms with E-state index in [1.807, 2.05) is 6.92 Å². The second-order valence-corrected chi connectivity index (χ2v) is 19.3. The van der Waals surface area contributed by atoms with Crippen LogP contribution in [0, 0.1) is 0 Å². The van der Waals surface area contributed by atoms with Crippen molar-refractivity contribution in [2.24, 2.45) is 0 Å². The van der Waals surface area contributed by atoms with Crippen molar-refractivity contribution in [1.82, 2.24) is 9.55 Å². The molecule has 2 aliphatic rings. The first-order chi connectivity index (χ1) is 15.9. The van der Waals surface area contributed by atoms with Gasteiger partial charge in [0.25, 0.3) is 0 Å². The van der Waals surface area contributed by atoms with Gasteiger partial charge in [0.2, 0.25) is 5.88 Å². The maximum Gasteiger partial charge on any atom is 0.353 e. The highest BCUT2D eigenvalue weighted by molar-refractivity contribution is 6.83. The Hall–Kier alpha value is -1.09. The third-order valence-corrected chi connectivity index (χ3v) is 17.3. The Kier molecular flexibility index (Phi) is 8.49. The molecule has 0 amide bonds. The molecule has 3 heterocycles. The highest BCUT2D eigenvalue weighted by atomic mass is 28.5. The maximum absolute atomic E-state index is 12.7. The number of fused-ring (bicyclic) bond motifs is 1. The van der Waals surface area contributed by atoms with Crippen molar-refractivity contribution in [2.75, 3.05) is 13.2 Å². The lowest BCUT2D eigenvalue weighted by atomic mass is 10.1. The molecule has 9 nitrogen and oxygen atoms in total. The number of aliphatic hydroxyl groups is 1. The fourth-order valence-corrected chi connectivity index (χ4v) is 16.4. The van der Waals surface area contributed by atoms with E-state index in [2.05, 4.69) is 60.4 Å².